The summed E-state index contributed by atoms with van der Waals surface area (Å²) >= 11 is 0. The molecule has 134 valence electrons. The number of rotatable bonds is 6. The predicted molar refractivity (Wildman–Crippen MR) is 83.8 cm³/mol. The molecule has 9 nitrogen and oxygen atoms in total. The maximum absolute atomic E-state index is 11.3. The minimum Gasteiger partial charge on any atom is -0.452 e. The Morgan fingerprint density at radius 2 is 1.48 bits per heavy atom. The molecule has 0 bridgehead atoms. The van der Waals surface area contributed by atoms with Gasteiger partial charge in [-0.3, -0.25) is 14.4 Å². The van der Waals surface area contributed by atoms with Crippen molar-refractivity contribution in [2.24, 2.45) is 5.16 Å². The van der Waals surface area contributed by atoms with E-state index in [0.29, 0.717) is 5.56 Å². The van der Waals surface area contributed by atoms with Gasteiger partial charge in [0.25, 0.3) is 0 Å². The largest absolute Gasteiger partial charge is 0.452 e. The van der Waals surface area contributed by atoms with Crippen molar-refractivity contribution >= 4 is 30.1 Å². The molecule has 0 aliphatic carbocycles. The molecule has 0 heterocycles. The Morgan fingerprint density at radius 1 is 0.880 bits per heavy atom. The van der Waals surface area contributed by atoms with E-state index in [4.69, 9.17) is 14.2 Å². The van der Waals surface area contributed by atoms with Crippen molar-refractivity contribution in [3.8, 4) is 11.5 Å². The van der Waals surface area contributed by atoms with E-state index in [1.807, 2.05) is 0 Å². The topological polar surface area (TPSA) is 118 Å². The molecule has 1 rings (SSSR count). The normalized spacial score (nSPS) is 11.5. The van der Waals surface area contributed by atoms with Gasteiger partial charge >= 0.3 is 23.9 Å². The van der Waals surface area contributed by atoms with E-state index in [0.717, 1.165) is 13.1 Å². The highest BCUT2D eigenvalue weighted by atomic mass is 16.7. The molecule has 25 heavy (non-hydrogen) atoms. The van der Waals surface area contributed by atoms with Crippen molar-refractivity contribution in [2.45, 2.75) is 33.8 Å². The molecule has 0 N–H and O–H groups in total. The number of carbonyl (C=O) groups excluding carboxylic acids is 4. The van der Waals surface area contributed by atoms with Gasteiger partial charge in [0.1, 0.15) is 0 Å². The Bertz CT molecular complexity index is 710. The molecule has 1 unspecified atom stereocenters. The molecule has 0 aliphatic heterocycles. The number of carbonyl (C=O) groups is 4. The Balaban J connectivity index is 3.21. The standard InChI is InChI=1S/C16H17NO8/c1-9(18)22-14-6-5-13(7-15(14)23-10(2)19)16(24-11(3)20)8-17-25-12(4)21/h5-8,16H,1-4H3/b17-8+. The minimum absolute atomic E-state index is 0.0185. The molecule has 0 spiro atoms. The average molecular weight is 351 g/mol. The van der Waals surface area contributed by atoms with Gasteiger partial charge in [-0.2, -0.15) is 0 Å². The summed E-state index contributed by atoms with van der Waals surface area (Å²) in [5.41, 5.74) is 0.346. The Morgan fingerprint density at radius 3 is 2.00 bits per heavy atom. The van der Waals surface area contributed by atoms with Crippen molar-refractivity contribution in [2.75, 3.05) is 0 Å². The van der Waals surface area contributed by atoms with Crippen LogP contribution in [0.3, 0.4) is 0 Å². The van der Waals surface area contributed by atoms with Gasteiger partial charge < -0.3 is 19.0 Å². The molecular weight excluding hydrogens is 334 g/mol. The van der Waals surface area contributed by atoms with Crippen LogP contribution in [-0.4, -0.2) is 30.1 Å². The first-order valence-electron chi connectivity index (χ1n) is 7.08. The smallest absolute Gasteiger partial charge is 0.331 e. The van der Waals surface area contributed by atoms with Crippen LogP contribution in [0.1, 0.15) is 39.4 Å². The molecule has 0 amide bonds. The van der Waals surface area contributed by atoms with Gasteiger partial charge in [0.15, 0.2) is 17.6 Å². The first-order chi connectivity index (χ1) is 11.7. The second-order valence-electron chi connectivity index (χ2n) is 4.76. The zero-order chi connectivity index (χ0) is 19.0. The summed E-state index contributed by atoms with van der Waals surface area (Å²) in [7, 11) is 0. The highest BCUT2D eigenvalue weighted by Crippen LogP contribution is 2.31. The Kier molecular flexibility index (Phi) is 7.26. The molecule has 0 fully saturated rings. The van der Waals surface area contributed by atoms with Crippen LogP contribution >= 0.6 is 0 Å². The second-order valence-corrected chi connectivity index (χ2v) is 4.76. The maximum atomic E-state index is 11.3. The number of ether oxygens (including phenoxy) is 3. The van der Waals surface area contributed by atoms with E-state index >= 15 is 0 Å². The van der Waals surface area contributed by atoms with Crippen molar-refractivity contribution in [1.29, 1.82) is 0 Å². The van der Waals surface area contributed by atoms with Crippen LogP contribution in [0, 0.1) is 0 Å². The highest BCUT2D eigenvalue weighted by Gasteiger charge is 2.18. The van der Waals surface area contributed by atoms with Gasteiger partial charge in [-0.15, -0.1) is 0 Å². The number of hydrogen-bond donors (Lipinski definition) is 0. The van der Waals surface area contributed by atoms with Crippen molar-refractivity contribution in [1.82, 2.24) is 0 Å². The number of nitrogens with zero attached hydrogens (tertiary/aromatic N) is 1. The molecule has 0 saturated heterocycles. The van der Waals surface area contributed by atoms with E-state index < -0.39 is 30.0 Å². The van der Waals surface area contributed by atoms with Gasteiger partial charge in [-0.1, -0.05) is 11.2 Å². The predicted octanol–water partition coefficient (Wildman–Crippen LogP) is 1.69. The van der Waals surface area contributed by atoms with Crippen LogP contribution in [0.2, 0.25) is 0 Å². The molecule has 0 aromatic heterocycles. The monoisotopic (exact) mass is 351 g/mol. The summed E-state index contributed by atoms with van der Waals surface area (Å²) in [5.74, 6) is -2.53. The fourth-order valence-corrected chi connectivity index (χ4v) is 1.70. The third-order valence-electron chi connectivity index (χ3n) is 2.47. The summed E-state index contributed by atoms with van der Waals surface area (Å²) in [6.07, 6.45) is 0.0683. The van der Waals surface area contributed by atoms with Crippen LogP contribution < -0.4 is 9.47 Å². The van der Waals surface area contributed by atoms with E-state index in [2.05, 4.69) is 9.99 Å². The number of benzene rings is 1. The van der Waals surface area contributed by atoms with Gasteiger partial charge in [0.05, 0.1) is 6.21 Å². The SMILES string of the molecule is CC(=O)O/N=C/C(OC(C)=O)c1ccc(OC(C)=O)c(OC(C)=O)c1. The number of hydrogen-bond acceptors (Lipinski definition) is 9. The van der Waals surface area contributed by atoms with Gasteiger partial charge in [-0.05, 0) is 12.1 Å². The van der Waals surface area contributed by atoms with E-state index in [1.54, 1.807) is 0 Å². The van der Waals surface area contributed by atoms with Crippen LogP contribution in [-0.2, 0) is 28.8 Å². The van der Waals surface area contributed by atoms with Crippen molar-refractivity contribution < 1.29 is 38.2 Å². The molecular formula is C16H17NO8. The fraction of sp³-hybridized carbons (Fsp3) is 0.312. The summed E-state index contributed by atoms with van der Waals surface area (Å²) in [6.45, 7) is 4.71. The lowest BCUT2D eigenvalue weighted by Gasteiger charge is -2.15. The zero-order valence-electron chi connectivity index (χ0n) is 14.1. The van der Waals surface area contributed by atoms with E-state index in [-0.39, 0.29) is 11.5 Å². The fourth-order valence-electron chi connectivity index (χ4n) is 1.70. The summed E-state index contributed by atoms with van der Waals surface area (Å²) in [4.78, 5) is 48.8. The summed E-state index contributed by atoms with van der Waals surface area (Å²) in [6, 6.07) is 4.18. The molecule has 9 heteroatoms. The molecule has 1 aromatic carbocycles. The first kappa shape index (κ1) is 19.8. The summed E-state index contributed by atoms with van der Waals surface area (Å²) < 4.78 is 15.0. The van der Waals surface area contributed by atoms with Crippen LogP contribution in [0.15, 0.2) is 23.4 Å². The van der Waals surface area contributed by atoms with Gasteiger partial charge in [0.2, 0.25) is 0 Å². The molecule has 0 radical (unpaired) electrons. The van der Waals surface area contributed by atoms with Crippen molar-refractivity contribution in [3.63, 3.8) is 0 Å². The van der Waals surface area contributed by atoms with Crippen LogP contribution in [0.4, 0.5) is 0 Å². The maximum Gasteiger partial charge on any atom is 0.331 e. The zero-order valence-corrected chi connectivity index (χ0v) is 14.1. The first-order valence-corrected chi connectivity index (χ1v) is 7.08. The van der Waals surface area contributed by atoms with Crippen molar-refractivity contribution in [3.05, 3.63) is 23.8 Å². The average Bonchev–Trinajstić information content (AvgIpc) is 2.46. The third-order valence-corrected chi connectivity index (χ3v) is 2.47. The lowest BCUT2D eigenvalue weighted by molar-refractivity contribution is -0.143. The van der Waals surface area contributed by atoms with Gasteiger partial charge in [0, 0.05) is 33.3 Å². The minimum atomic E-state index is -1.02. The quantitative estimate of drug-likeness (QED) is 0.250. The number of esters is 3. The van der Waals surface area contributed by atoms with Crippen LogP contribution in [0.25, 0.3) is 0 Å². The molecule has 1 atom stereocenters. The lowest BCUT2D eigenvalue weighted by atomic mass is 10.1. The molecule has 0 saturated carbocycles. The van der Waals surface area contributed by atoms with E-state index in [1.165, 1.54) is 39.0 Å². The summed E-state index contributed by atoms with van der Waals surface area (Å²) in [5, 5.41) is 3.42. The Hall–Kier alpha value is -3.23. The molecule has 1 aromatic rings. The second kappa shape index (κ2) is 9.16. The van der Waals surface area contributed by atoms with Crippen LogP contribution in [0.5, 0.6) is 11.5 Å². The third kappa shape index (κ3) is 7.25. The number of oxime groups is 1. The highest BCUT2D eigenvalue weighted by molar-refractivity contribution is 5.76. The van der Waals surface area contributed by atoms with Gasteiger partial charge in [-0.25, -0.2) is 4.79 Å². The Labute approximate surface area is 143 Å². The van der Waals surface area contributed by atoms with E-state index in [9.17, 15) is 19.2 Å². The lowest BCUT2D eigenvalue weighted by Crippen LogP contribution is -2.12. The molecule has 0 aliphatic rings.